The van der Waals surface area contributed by atoms with Gasteiger partial charge in [-0.2, -0.15) is 0 Å². The summed E-state index contributed by atoms with van der Waals surface area (Å²) in [5.41, 5.74) is 16.5. The number of benzene rings is 3. The molecule has 3 aromatic rings. The van der Waals surface area contributed by atoms with Gasteiger partial charge >= 0.3 is 0 Å². The number of amidine groups is 1. The molecule has 0 spiro atoms. The van der Waals surface area contributed by atoms with Crippen LogP contribution in [0.4, 0.5) is 0 Å². The van der Waals surface area contributed by atoms with Gasteiger partial charge in [0.15, 0.2) is 6.23 Å². The number of allylic oxidation sites excluding steroid dienone is 10. The number of rotatable bonds is 8. The van der Waals surface area contributed by atoms with Crippen molar-refractivity contribution in [2.45, 2.75) is 44.4 Å². The number of nitrogens with two attached hydrogens (primary N) is 1. The fraction of sp³-hybridized carbons (Fsp3) is 0.190. The van der Waals surface area contributed by atoms with Crippen molar-refractivity contribution >= 4 is 28.5 Å². The van der Waals surface area contributed by atoms with Crippen molar-refractivity contribution in [3.63, 3.8) is 0 Å². The third-order valence-corrected chi connectivity index (χ3v) is 9.16. The second-order valence-electron chi connectivity index (χ2n) is 12.3. The molecule has 4 aliphatic rings. The van der Waals surface area contributed by atoms with E-state index >= 15 is 0 Å². The summed E-state index contributed by atoms with van der Waals surface area (Å²) < 4.78 is 6.23. The zero-order valence-corrected chi connectivity index (χ0v) is 26.5. The molecular formula is C42H40N4O. The molecule has 3 aliphatic carbocycles. The van der Waals surface area contributed by atoms with Crippen molar-refractivity contribution in [1.82, 2.24) is 5.32 Å². The smallest absolute Gasteiger partial charge is 0.215 e. The number of ether oxygens (including phenoxy) is 1. The van der Waals surface area contributed by atoms with Crippen LogP contribution in [0.5, 0.6) is 0 Å². The monoisotopic (exact) mass is 616 g/mol. The average molecular weight is 617 g/mol. The summed E-state index contributed by atoms with van der Waals surface area (Å²) in [6, 6.07) is 29.0. The van der Waals surface area contributed by atoms with Crippen molar-refractivity contribution in [3.8, 4) is 0 Å². The first-order valence-electron chi connectivity index (χ1n) is 16.5. The van der Waals surface area contributed by atoms with E-state index in [2.05, 4.69) is 127 Å². The average Bonchev–Trinajstić information content (AvgIpc) is 3.16. The first-order valence-corrected chi connectivity index (χ1v) is 16.5. The number of hydrogen-bond donors (Lipinski definition) is 3. The Balaban J connectivity index is 1.22. The lowest BCUT2D eigenvalue weighted by atomic mass is 9.80. The van der Waals surface area contributed by atoms with Crippen LogP contribution in [-0.2, 0) is 4.74 Å². The number of nitrogens with one attached hydrogen (secondary N) is 2. The lowest BCUT2D eigenvalue weighted by Crippen LogP contribution is -2.43. The molecular weight excluding hydrogens is 576 g/mol. The highest BCUT2D eigenvalue weighted by atomic mass is 16.5. The highest BCUT2D eigenvalue weighted by molar-refractivity contribution is 6.01. The normalized spacial score (nSPS) is 21.2. The summed E-state index contributed by atoms with van der Waals surface area (Å²) in [6.45, 7) is 0. The maximum absolute atomic E-state index is 9.00. The molecule has 7 rings (SSSR count). The van der Waals surface area contributed by atoms with Crippen LogP contribution in [0.15, 0.2) is 156 Å². The van der Waals surface area contributed by atoms with E-state index in [9.17, 15) is 0 Å². The van der Waals surface area contributed by atoms with Crippen LogP contribution in [0.2, 0.25) is 0 Å². The molecule has 1 aliphatic heterocycles. The Morgan fingerprint density at radius 2 is 1.45 bits per heavy atom. The van der Waals surface area contributed by atoms with Crippen LogP contribution >= 0.6 is 0 Å². The Hall–Kier alpha value is -5.26. The molecule has 5 nitrogen and oxygen atoms in total. The predicted octanol–water partition coefficient (Wildman–Crippen LogP) is 8.76. The molecule has 0 bridgehead atoms. The first kappa shape index (κ1) is 30.4. The van der Waals surface area contributed by atoms with Crippen LogP contribution in [-0.4, -0.2) is 24.0 Å². The van der Waals surface area contributed by atoms with Gasteiger partial charge in [-0.1, -0.05) is 127 Å². The summed E-state index contributed by atoms with van der Waals surface area (Å²) in [5, 5.41) is 12.5. The fourth-order valence-corrected chi connectivity index (χ4v) is 6.69. The van der Waals surface area contributed by atoms with Gasteiger partial charge in [-0.15, -0.1) is 0 Å². The van der Waals surface area contributed by atoms with Gasteiger partial charge in [0.2, 0.25) is 5.90 Å². The molecule has 47 heavy (non-hydrogen) atoms. The number of nitrogens with zero attached hydrogens (tertiary/aromatic N) is 1. The molecule has 4 N–H and O–H groups in total. The fourth-order valence-electron chi connectivity index (χ4n) is 6.69. The second kappa shape index (κ2) is 14.0. The van der Waals surface area contributed by atoms with Gasteiger partial charge < -0.3 is 10.1 Å². The third-order valence-electron chi connectivity index (χ3n) is 9.16. The molecule has 5 heteroatoms. The Kier molecular flexibility index (Phi) is 9.07. The summed E-state index contributed by atoms with van der Waals surface area (Å²) in [6.07, 6.45) is 23.3. The molecule has 1 heterocycles. The molecule has 3 unspecified atom stereocenters. The van der Waals surface area contributed by atoms with Crippen molar-refractivity contribution in [3.05, 3.63) is 173 Å². The van der Waals surface area contributed by atoms with Crippen molar-refractivity contribution in [2.75, 3.05) is 0 Å². The van der Waals surface area contributed by atoms with Crippen LogP contribution in [0, 0.1) is 11.3 Å². The quantitative estimate of drug-likeness (QED) is 0.134. The van der Waals surface area contributed by atoms with Gasteiger partial charge in [0.05, 0.1) is 11.7 Å². The van der Waals surface area contributed by atoms with E-state index in [1.165, 1.54) is 27.8 Å². The predicted molar refractivity (Wildman–Crippen MR) is 195 cm³/mol. The van der Waals surface area contributed by atoms with E-state index in [0.29, 0.717) is 0 Å². The maximum Gasteiger partial charge on any atom is 0.215 e. The Labute approximate surface area is 277 Å². The van der Waals surface area contributed by atoms with Crippen LogP contribution in [0.3, 0.4) is 0 Å². The Bertz CT molecular complexity index is 1890. The Morgan fingerprint density at radius 3 is 2.15 bits per heavy atom. The van der Waals surface area contributed by atoms with Gasteiger partial charge in [0, 0.05) is 11.5 Å². The zero-order chi connectivity index (χ0) is 32.0. The molecule has 3 atom stereocenters. The van der Waals surface area contributed by atoms with E-state index < -0.39 is 6.23 Å². The molecule has 0 saturated heterocycles. The molecule has 0 amide bonds. The van der Waals surface area contributed by atoms with Crippen LogP contribution in [0.1, 0.15) is 54.4 Å². The molecule has 3 aromatic carbocycles. The highest BCUT2D eigenvalue weighted by Gasteiger charge is 2.30. The Morgan fingerprint density at radius 1 is 0.787 bits per heavy atom. The third kappa shape index (κ3) is 6.96. The van der Waals surface area contributed by atoms with E-state index in [0.717, 1.165) is 60.3 Å². The summed E-state index contributed by atoms with van der Waals surface area (Å²) in [7, 11) is 0. The van der Waals surface area contributed by atoms with E-state index in [1.54, 1.807) is 0 Å². The first-order chi connectivity index (χ1) is 23.1. The summed E-state index contributed by atoms with van der Waals surface area (Å²) in [4.78, 5) is 5.31. The maximum atomic E-state index is 9.00. The molecule has 0 saturated carbocycles. The van der Waals surface area contributed by atoms with Crippen molar-refractivity contribution in [2.24, 2.45) is 16.6 Å². The van der Waals surface area contributed by atoms with Crippen molar-refractivity contribution in [1.29, 1.82) is 5.41 Å². The molecule has 0 fully saturated rings. The minimum Gasteiger partial charge on any atom is -0.453 e. The summed E-state index contributed by atoms with van der Waals surface area (Å²) in [5.74, 6) is 0.980. The van der Waals surface area contributed by atoms with Crippen LogP contribution < -0.4 is 11.1 Å². The van der Waals surface area contributed by atoms with Crippen LogP contribution in [0.25, 0.3) is 16.7 Å². The molecule has 234 valence electrons. The lowest BCUT2D eigenvalue weighted by molar-refractivity contribution is 0.223. The molecule has 0 aromatic heterocycles. The van der Waals surface area contributed by atoms with E-state index in [4.69, 9.17) is 20.9 Å². The van der Waals surface area contributed by atoms with E-state index in [-0.39, 0.29) is 17.9 Å². The largest absolute Gasteiger partial charge is 0.453 e. The van der Waals surface area contributed by atoms with Gasteiger partial charge in [-0.25, -0.2) is 0 Å². The second-order valence-corrected chi connectivity index (χ2v) is 12.3. The summed E-state index contributed by atoms with van der Waals surface area (Å²) >= 11 is 0. The zero-order valence-electron chi connectivity index (χ0n) is 26.5. The van der Waals surface area contributed by atoms with Gasteiger partial charge in [-0.05, 0) is 83.2 Å². The standard InChI is InChI=1S/C42H40N4O/c43-40(37-24-14-13-23-36(37)31-19-9-3-10-20-31)47-41(44)39-28-38(45-42(46-39)32-21-11-4-12-22-32)35-26-33(29-15-5-1-6-16-29)25-34(27-35)30-17-7-2-8-18-30/h1-9,11,13-19,21,23-26,28,35,38,41,43H,10,12,20,22,27,44H2,(H,45,46). The van der Waals surface area contributed by atoms with Crippen molar-refractivity contribution < 1.29 is 4.74 Å². The lowest BCUT2D eigenvalue weighted by Gasteiger charge is -2.32. The van der Waals surface area contributed by atoms with Gasteiger partial charge in [-0.3, -0.25) is 16.1 Å². The SMILES string of the molecule is N=C(OC(N)C1=CC(C2C=C(c3ccccc3)C=C(c3ccccc3)C2)N=C(C2=CC=CCC2)N1)c1ccccc1C1=CC=CCC1. The number of hydrogen-bond acceptors (Lipinski definition) is 5. The molecule has 0 radical (unpaired) electrons. The minimum absolute atomic E-state index is 0.0601. The number of aliphatic imine (C=N–C) groups is 1. The van der Waals surface area contributed by atoms with Gasteiger partial charge in [0.1, 0.15) is 5.84 Å². The topological polar surface area (TPSA) is 83.5 Å². The van der Waals surface area contributed by atoms with E-state index in [1.807, 2.05) is 18.2 Å². The highest BCUT2D eigenvalue weighted by Crippen LogP contribution is 2.38. The van der Waals surface area contributed by atoms with Gasteiger partial charge in [0.25, 0.3) is 0 Å². The minimum atomic E-state index is -0.867.